The molecule has 1 fully saturated rings. The molecule has 2 heterocycles. The molecule has 1 aliphatic heterocycles. The number of rotatable bonds is 5. The summed E-state index contributed by atoms with van der Waals surface area (Å²) >= 11 is 0. The van der Waals surface area contributed by atoms with Gasteiger partial charge in [-0.2, -0.15) is 0 Å². The number of anilines is 1. The molecule has 25 heavy (non-hydrogen) atoms. The number of ether oxygens (including phenoxy) is 1. The SMILES string of the molecule is COc1cc2c(N3CCC(CCC(=O)NO)CC3)ncnc2cc1O. The summed E-state index contributed by atoms with van der Waals surface area (Å²) < 4.78 is 5.20. The Kier molecular flexibility index (Phi) is 5.18. The number of amides is 1. The van der Waals surface area contributed by atoms with E-state index in [0.717, 1.165) is 43.6 Å². The second kappa shape index (κ2) is 7.52. The fourth-order valence-electron chi connectivity index (χ4n) is 3.30. The van der Waals surface area contributed by atoms with Gasteiger partial charge in [-0.15, -0.1) is 0 Å². The summed E-state index contributed by atoms with van der Waals surface area (Å²) in [5.74, 6) is 1.40. The minimum atomic E-state index is -0.337. The summed E-state index contributed by atoms with van der Waals surface area (Å²) in [6.07, 6.45) is 4.53. The largest absolute Gasteiger partial charge is 0.504 e. The molecule has 0 radical (unpaired) electrons. The molecule has 0 unspecified atom stereocenters. The maximum Gasteiger partial charge on any atom is 0.243 e. The lowest BCUT2D eigenvalue weighted by atomic mass is 9.92. The molecule has 0 bridgehead atoms. The number of nitrogens with zero attached hydrogens (tertiary/aromatic N) is 3. The molecule has 0 aliphatic carbocycles. The lowest BCUT2D eigenvalue weighted by Gasteiger charge is -2.33. The molecule has 1 amide bonds. The highest BCUT2D eigenvalue weighted by atomic mass is 16.5. The average molecular weight is 346 g/mol. The van der Waals surface area contributed by atoms with E-state index in [2.05, 4.69) is 14.9 Å². The van der Waals surface area contributed by atoms with Crippen molar-refractivity contribution in [2.45, 2.75) is 25.7 Å². The van der Waals surface area contributed by atoms with Crippen molar-refractivity contribution >= 4 is 22.6 Å². The monoisotopic (exact) mass is 346 g/mol. The van der Waals surface area contributed by atoms with Gasteiger partial charge in [-0.1, -0.05) is 0 Å². The summed E-state index contributed by atoms with van der Waals surface area (Å²) in [6, 6.07) is 3.34. The molecule has 0 saturated carbocycles. The van der Waals surface area contributed by atoms with E-state index in [0.29, 0.717) is 23.6 Å². The molecule has 8 nitrogen and oxygen atoms in total. The van der Waals surface area contributed by atoms with Crippen LogP contribution in [0.2, 0.25) is 0 Å². The summed E-state index contributed by atoms with van der Waals surface area (Å²) in [4.78, 5) is 22.0. The van der Waals surface area contributed by atoms with Gasteiger partial charge in [0, 0.05) is 31.0 Å². The molecule has 1 aromatic heterocycles. The van der Waals surface area contributed by atoms with Crippen LogP contribution < -0.4 is 15.1 Å². The molecule has 2 aromatic rings. The normalized spacial score (nSPS) is 15.4. The molecule has 134 valence electrons. The topological polar surface area (TPSA) is 108 Å². The highest BCUT2D eigenvalue weighted by molar-refractivity contribution is 5.91. The first-order chi connectivity index (χ1) is 12.1. The van der Waals surface area contributed by atoms with Gasteiger partial charge >= 0.3 is 0 Å². The Balaban J connectivity index is 1.74. The number of carbonyl (C=O) groups is 1. The summed E-state index contributed by atoms with van der Waals surface area (Å²) in [6.45, 7) is 1.67. The summed E-state index contributed by atoms with van der Waals surface area (Å²) in [5, 5.41) is 19.3. The molecule has 0 spiro atoms. The van der Waals surface area contributed by atoms with E-state index in [1.54, 1.807) is 17.6 Å². The zero-order chi connectivity index (χ0) is 17.8. The fraction of sp³-hybridized carbons (Fsp3) is 0.471. The number of aromatic nitrogens is 2. The Morgan fingerprint density at radius 1 is 1.36 bits per heavy atom. The zero-order valence-corrected chi connectivity index (χ0v) is 14.1. The fourth-order valence-corrected chi connectivity index (χ4v) is 3.30. The van der Waals surface area contributed by atoms with E-state index in [1.807, 2.05) is 0 Å². The van der Waals surface area contributed by atoms with Crippen molar-refractivity contribution in [2.24, 2.45) is 5.92 Å². The molecular weight excluding hydrogens is 324 g/mol. The maximum absolute atomic E-state index is 11.2. The van der Waals surface area contributed by atoms with Gasteiger partial charge in [-0.3, -0.25) is 10.0 Å². The number of aromatic hydroxyl groups is 1. The van der Waals surface area contributed by atoms with Gasteiger partial charge in [-0.05, 0) is 31.2 Å². The Hall–Kier alpha value is -2.61. The van der Waals surface area contributed by atoms with Gasteiger partial charge in [0.05, 0.1) is 12.6 Å². The number of carbonyl (C=O) groups excluding carboxylic acids is 1. The quantitative estimate of drug-likeness (QED) is 0.560. The number of methoxy groups -OCH3 is 1. The van der Waals surface area contributed by atoms with Gasteiger partial charge in [0.15, 0.2) is 11.5 Å². The number of fused-ring (bicyclic) bond motifs is 1. The van der Waals surface area contributed by atoms with Gasteiger partial charge in [0.1, 0.15) is 12.1 Å². The highest BCUT2D eigenvalue weighted by Gasteiger charge is 2.22. The number of phenols is 1. The Morgan fingerprint density at radius 2 is 2.12 bits per heavy atom. The number of piperidine rings is 1. The van der Waals surface area contributed by atoms with Crippen LogP contribution in [0.15, 0.2) is 18.5 Å². The number of hydrogen-bond donors (Lipinski definition) is 3. The van der Waals surface area contributed by atoms with Crippen LogP contribution in [0, 0.1) is 5.92 Å². The standard InChI is InChI=1S/C17H22N4O4/c1-25-15-8-12-13(9-14(15)22)18-10-19-17(12)21-6-4-11(5-7-21)2-3-16(23)20-24/h8-11,22,24H,2-7H2,1H3,(H,20,23). The second-order valence-corrected chi connectivity index (χ2v) is 6.24. The van der Waals surface area contributed by atoms with Crippen LogP contribution in [0.3, 0.4) is 0 Å². The predicted molar refractivity (Wildman–Crippen MR) is 91.9 cm³/mol. The van der Waals surface area contributed by atoms with Crippen LogP contribution in [-0.4, -0.2) is 46.4 Å². The minimum Gasteiger partial charge on any atom is -0.504 e. The number of phenolic OH excluding ortho intramolecular Hbond substituents is 1. The maximum atomic E-state index is 11.2. The minimum absolute atomic E-state index is 0.0560. The summed E-state index contributed by atoms with van der Waals surface area (Å²) in [5.41, 5.74) is 2.35. The van der Waals surface area contributed by atoms with E-state index in [9.17, 15) is 9.90 Å². The number of nitrogens with one attached hydrogen (secondary N) is 1. The molecule has 3 N–H and O–H groups in total. The Bertz CT molecular complexity index is 760. The summed E-state index contributed by atoms with van der Waals surface area (Å²) in [7, 11) is 1.51. The van der Waals surface area contributed by atoms with Crippen molar-refractivity contribution in [3.05, 3.63) is 18.5 Å². The first-order valence-electron chi connectivity index (χ1n) is 8.32. The first-order valence-corrected chi connectivity index (χ1v) is 8.32. The molecule has 3 rings (SSSR count). The molecule has 1 aliphatic rings. The molecule has 1 aromatic carbocycles. The first kappa shape index (κ1) is 17.2. The zero-order valence-electron chi connectivity index (χ0n) is 14.1. The van der Waals surface area contributed by atoms with Gasteiger partial charge in [0.2, 0.25) is 5.91 Å². The van der Waals surface area contributed by atoms with Crippen LogP contribution in [0.1, 0.15) is 25.7 Å². The number of hydrogen-bond acceptors (Lipinski definition) is 7. The van der Waals surface area contributed by atoms with Gasteiger partial charge in [-0.25, -0.2) is 15.4 Å². The second-order valence-electron chi connectivity index (χ2n) is 6.24. The van der Waals surface area contributed by atoms with E-state index in [4.69, 9.17) is 9.94 Å². The van der Waals surface area contributed by atoms with Crippen LogP contribution in [-0.2, 0) is 4.79 Å². The Labute approximate surface area is 145 Å². The third kappa shape index (κ3) is 3.74. The van der Waals surface area contributed by atoms with Crippen LogP contribution >= 0.6 is 0 Å². The van der Waals surface area contributed by atoms with Crippen molar-refractivity contribution in [1.82, 2.24) is 15.4 Å². The lowest BCUT2D eigenvalue weighted by molar-refractivity contribution is -0.129. The highest BCUT2D eigenvalue weighted by Crippen LogP contribution is 2.35. The smallest absolute Gasteiger partial charge is 0.243 e. The van der Waals surface area contributed by atoms with Gasteiger partial charge in [0.25, 0.3) is 0 Å². The van der Waals surface area contributed by atoms with Crippen LogP contribution in [0.5, 0.6) is 11.5 Å². The third-order valence-corrected chi connectivity index (χ3v) is 4.73. The average Bonchev–Trinajstić information content (AvgIpc) is 2.65. The van der Waals surface area contributed by atoms with Crippen molar-refractivity contribution in [2.75, 3.05) is 25.1 Å². The van der Waals surface area contributed by atoms with E-state index >= 15 is 0 Å². The van der Waals surface area contributed by atoms with Crippen LogP contribution in [0.25, 0.3) is 10.9 Å². The van der Waals surface area contributed by atoms with E-state index in [1.165, 1.54) is 13.4 Å². The molecule has 8 heteroatoms. The van der Waals surface area contributed by atoms with Crippen LogP contribution in [0.4, 0.5) is 5.82 Å². The van der Waals surface area contributed by atoms with E-state index in [-0.39, 0.29) is 11.7 Å². The van der Waals surface area contributed by atoms with Crippen molar-refractivity contribution in [3.63, 3.8) is 0 Å². The van der Waals surface area contributed by atoms with E-state index < -0.39 is 0 Å². The molecule has 0 atom stereocenters. The third-order valence-electron chi connectivity index (χ3n) is 4.73. The van der Waals surface area contributed by atoms with Crippen molar-refractivity contribution < 1.29 is 19.8 Å². The molecule has 1 saturated heterocycles. The number of benzene rings is 1. The van der Waals surface area contributed by atoms with Crippen molar-refractivity contribution in [1.29, 1.82) is 0 Å². The molecular formula is C17H22N4O4. The van der Waals surface area contributed by atoms with Crippen molar-refractivity contribution in [3.8, 4) is 11.5 Å². The predicted octanol–water partition coefficient (Wildman–Crippen LogP) is 1.85. The Morgan fingerprint density at radius 3 is 2.80 bits per heavy atom. The lowest BCUT2D eigenvalue weighted by Crippen LogP contribution is -2.34. The van der Waals surface area contributed by atoms with Gasteiger partial charge < -0.3 is 14.7 Å². The number of hydroxylamine groups is 1.